The normalized spacial score (nSPS) is 17.2. The van der Waals surface area contributed by atoms with Crippen LogP contribution >= 0.6 is 0 Å². The zero-order chi connectivity index (χ0) is 21.5. The third-order valence-electron chi connectivity index (χ3n) is 5.09. The van der Waals surface area contributed by atoms with Crippen LogP contribution in [-0.2, 0) is 9.53 Å². The number of carbonyl (C=O) groups is 2. The lowest BCUT2D eigenvalue weighted by atomic mass is 9.98. The van der Waals surface area contributed by atoms with Gasteiger partial charge in [0.1, 0.15) is 11.6 Å². The van der Waals surface area contributed by atoms with E-state index in [0.717, 1.165) is 19.0 Å². The summed E-state index contributed by atoms with van der Waals surface area (Å²) in [6.45, 7) is 2.31. The third-order valence-corrected chi connectivity index (χ3v) is 5.09. The highest BCUT2D eigenvalue weighted by Crippen LogP contribution is 2.19. The van der Waals surface area contributed by atoms with Crippen molar-refractivity contribution in [2.75, 3.05) is 26.2 Å². The lowest BCUT2D eigenvalue weighted by molar-refractivity contribution is -0.143. The van der Waals surface area contributed by atoms with Gasteiger partial charge in [0.15, 0.2) is 5.78 Å². The molecule has 2 aromatic rings. The van der Waals surface area contributed by atoms with E-state index in [-0.39, 0.29) is 17.0 Å². The van der Waals surface area contributed by atoms with Crippen LogP contribution in [0.4, 0.5) is 8.78 Å². The van der Waals surface area contributed by atoms with Crippen LogP contribution in [0.3, 0.4) is 0 Å². The maximum absolute atomic E-state index is 13.7. The number of nitrogens with zero attached hydrogens (tertiary/aromatic N) is 1. The number of ether oxygens (including phenoxy) is 1. The van der Waals surface area contributed by atoms with Gasteiger partial charge in [-0.3, -0.25) is 14.5 Å². The van der Waals surface area contributed by atoms with Crippen LogP contribution in [-0.4, -0.2) is 48.0 Å². The van der Waals surface area contributed by atoms with E-state index < -0.39 is 23.4 Å². The second kappa shape index (κ2) is 10.1. The molecule has 0 spiro atoms. The second-order valence-corrected chi connectivity index (χ2v) is 7.22. The van der Waals surface area contributed by atoms with E-state index in [2.05, 4.69) is 4.90 Å². The van der Waals surface area contributed by atoms with E-state index in [1.165, 1.54) is 42.7 Å². The fourth-order valence-corrected chi connectivity index (χ4v) is 3.46. The van der Waals surface area contributed by atoms with Crippen molar-refractivity contribution in [3.8, 4) is 0 Å². The predicted octanol–water partition coefficient (Wildman–Crippen LogP) is 3.98. The average Bonchev–Trinajstić information content (AvgIpc) is 2.74. The average molecular weight is 415 g/mol. The van der Waals surface area contributed by atoms with Crippen LogP contribution in [0, 0.1) is 17.6 Å². The van der Waals surface area contributed by atoms with Crippen molar-refractivity contribution in [2.45, 2.75) is 12.8 Å². The molecule has 1 saturated heterocycles. The summed E-state index contributed by atoms with van der Waals surface area (Å²) in [4.78, 5) is 25.9. The Morgan fingerprint density at radius 3 is 2.60 bits per heavy atom. The van der Waals surface area contributed by atoms with E-state index in [9.17, 15) is 18.4 Å². The minimum absolute atomic E-state index is 0.154. The van der Waals surface area contributed by atoms with Crippen LogP contribution in [0.1, 0.15) is 34.3 Å². The molecule has 3 rings (SSSR count). The second-order valence-electron chi connectivity index (χ2n) is 7.22. The van der Waals surface area contributed by atoms with Gasteiger partial charge < -0.3 is 9.84 Å². The molecular weight excluding hydrogens is 392 g/mol. The van der Waals surface area contributed by atoms with Gasteiger partial charge in [-0.15, -0.1) is 0 Å². The van der Waals surface area contributed by atoms with Crippen molar-refractivity contribution in [2.24, 2.45) is 5.92 Å². The molecule has 0 radical (unpaired) electrons. The van der Waals surface area contributed by atoms with Crippen molar-refractivity contribution in [3.05, 3.63) is 77.1 Å². The lowest BCUT2D eigenvalue weighted by Crippen LogP contribution is -2.40. The predicted molar refractivity (Wildman–Crippen MR) is 108 cm³/mol. The Hall–Kier alpha value is -3.06. The van der Waals surface area contributed by atoms with Gasteiger partial charge in [-0.05, 0) is 67.4 Å². The fourth-order valence-electron chi connectivity index (χ4n) is 3.46. The van der Waals surface area contributed by atoms with Crippen LogP contribution < -0.4 is 0 Å². The minimum Gasteiger partial charge on any atom is -0.500 e. The number of carbonyl (C=O) groups excluding carboxylic acids is 1. The first-order chi connectivity index (χ1) is 14.4. The molecule has 158 valence electrons. The Morgan fingerprint density at radius 1 is 1.13 bits per heavy atom. The smallest absolute Gasteiger partial charge is 0.307 e. The Morgan fingerprint density at radius 2 is 1.87 bits per heavy atom. The summed E-state index contributed by atoms with van der Waals surface area (Å²) in [5, 5.41) is 9.14. The van der Waals surface area contributed by atoms with Crippen LogP contribution in [0.2, 0.25) is 0 Å². The number of hydrogen-bond donors (Lipinski definition) is 1. The molecule has 0 amide bonds. The van der Waals surface area contributed by atoms with Crippen molar-refractivity contribution in [1.82, 2.24) is 4.90 Å². The summed E-state index contributed by atoms with van der Waals surface area (Å²) in [6.07, 6.45) is 4.55. The first kappa shape index (κ1) is 21.6. The van der Waals surface area contributed by atoms with Gasteiger partial charge in [0, 0.05) is 24.2 Å². The zero-order valence-corrected chi connectivity index (χ0v) is 16.4. The van der Waals surface area contributed by atoms with Crippen LogP contribution in [0.5, 0.6) is 0 Å². The molecule has 30 heavy (non-hydrogen) atoms. The van der Waals surface area contributed by atoms with Crippen molar-refractivity contribution in [3.63, 3.8) is 0 Å². The van der Waals surface area contributed by atoms with Crippen molar-refractivity contribution in [1.29, 1.82) is 0 Å². The first-order valence-electron chi connectivity index (χ1n) is 9.77. The van der Waals surface area contributed by atoms with Gasteiger partial charge in [-0.2, -0.15) is 0 Å². The number of aliphatic carboxylic acids is 1. The van der Waals surface area contributed by atoms with Gasteiger partial charge in [-0.25, -0.2) is 8.78 Å². The maximum Gasteiger partial charge on any atom is 0.307 e. The molecule has 1 unspecified atom stereocenters. The summed E-state index contributed by atoms with van der Waals surface area (Å²) in [5.74, 6) is -2.52. The SMILES string of the molecule is O=C(c1ccc(F)cc1)c1cc(F)ccc1/C=C\OCCN1CCCC(C(=O)O)C1. The Labute approximate surface area is 173 Å². The van der Waals surface area contributed by atoms with Crippen LogP contribution in [0.25, 0.3) is 6.08 Å². The molecule has 5 nitrogen and oxygen atoms in total. The molecule has 2 aromatic carbocycles. The number of rotatable bonds is 8. The molecule has 1 aliphatic rings. The molecule has 1 fully saturated rings. The zero-order valence-electron chi connectivity index (χ0n) is 16.4. The van der Waals surface area contributed by atoms with E-state index in [1.54, 1.807) is 6.08 Å². The number of piperidine rings is 1. The van der Waals surface area contributed by atoms with Gasteiger partial charge >= 0.3 is 5.97 Å². The number of benzene rings is 2. The lowest BCUT2D eigenvalue weighted by Gasteiger charge is -2.30. The highest BCUT2D eigenvalue weighted by atomic mass is 19.1. The third kappa shape index (κ3) is 5.73. The summed E-state index contributed by atoms with van der Waals surface area (Å²) in [6, 6.07) is 8.95. The molecule has 0 aliphatic carbocycles. The number of carboxylic acid groups (broad SMARTS) is 1. The van der Waals surface area contributed by atoms with Crippen molar-refractivity contribution < 1.29 is 28.2 Å². The Kier molecular flexibility index (Phi) is 7.30. The molecule has 0 saturated carbocycles. The molecule has 1 N–H and O–H groups in total. The highest BCUT2D eigenvalue weighted by Gasteiger charge is 2.24. The van der Waals surface area contributed by atoms with E-state index in [1.807, 2.05) is 0 Å². The summed E-state index contributed by atoms with van der Waals surface area (Å²) >= 11 is 0. The topological polar surface area (TPSA) is 66.8 Å². The summed E-state index contributed by atoms with van der Waals surface area (Å²) < 4.78 is 32.3. The van der Waals surface area contributed by atoms with Gasteiger partial charge in [0.25, 0.3) is 0 Å². The highest BCUT2D eigenvalue weighted by molar-refractivity contribution is 6.11. The molecule has 1 heterocycles. The number of likely N-dealkylation sites (tertiary alicyclic amines) is 1. The Bertz CT molecular complexity index is 927. The first-order valence-corrected chi connectivity index (χ1v) is 9.77. The number of hydrogen-bond acceptors (Lipinski definition) is 4. The maximum atomic E-state index is 13.7. The molecule has 0 bridgehead atoms. The number of halogens is 2. The van der Waals surface area contributed by atoms with E-state index in [0.29, 0.717) is 31.7 Å². The summed E-state index contributed by atoms with van der Waals surface area (Å²) in [7, 11) is 0. The van der Waals surface area contributed by atoms with Crippen LogP contribution in [0.15, 0.2) is 48.7 Å². The standard InChI is InChI=1S/C23H23F2NO4/c24-19-6-4-17(5-7-19)22(27)21-14-20(25)8-3-16(21)9-12-30-13-11-26-10-1-2-18(15-26)23(28)29/h3-9,12,14,18H,1-2,10-11,13,15H2,(H,28,29)/b12-9-. The molecular formula is C23H23F2NO4. The molecule has 0 aromatic heterocycles. The van der Waals surface area contributed by atoms with Gasteiger partial charge in [0.2, 0.25) is 0 Å². The molecule has 7 heteroatoms. The van der Waals surface area contributed by atoms with E-state index in [4.69, 9.17) is 9.84 Å². The number of carboxylic acids is 1. The quantitative estimate of drug-likeness (QED) is 0.401. The monoisotopic (exact) mass is 415 g/mol. The summed E-state index contributed by atoms with van der Waals surface area (Å²) in [5.41, 5.74) is 0.895. The van der Waals surface area contributed by atoms with Gasteiger partial charge in [-0.1, -0.05) is 6.07 Å². The largest absolute Gasteiger partial charge is 0.500 e. The number of ketones is 1. The fraction of sp³-hybridized carbons (Fsp3) is 0.304. The van der Waals surface area contributed by atoms with Crippen molar-refractivity contribution >= 4 is 17.8 Å². The van der Waals surface area contributed by atoms with Gasteiger partial charge in [0.05, 0.1) is 18.8 Å². The molecule has 1 aliphatic heterocycles. The van der Waals surface area contributed by atoms with E-state index >= 15 is 0 Å². The molecule has 1 atom stereocenters. The minimum atomic E-state index is -0.768. The Balaban J connectivity index is 1.60.